The van der Waals surface area contributed by atoms with Crippen molar-refractivity contribution >= 4 is 5.91 Å². The Morgan fingerprint density at radius 3 is 1.54 bits per heavy atom. The summed E-state index contributed by atoms with van der Waals surface area (Å²) in [4.78, 5) is 12.0. The minimum Gasteiger partial charge on any atom is -0.393 e. The van der Waals surface area contributed by atoms with Gasteiger partial charge in [-0.15, -0.1) is 0 Å². The molecule has 0 rings (SSSR count). The molecule has 2 atom stereocenters. The van der Waals surface area contributed by atoms with Crippen molar-refractivity contribution < 1.29 is 15.0 Å². The van der Waals surface area contributed by atoms with E-state index in [9.17, 15) is 15.0 Å². The minimum absolute atomic E-state index is 0.338. The zero-order valence-electron chi connectivity index (χ0n) is 16.2. The predicted octanol–water partition coefficient (Wildman–Crippen LogP) is 4.31. The lowest BCUT2D eigenvalue weighted by molar-refractivity contribution is -0.132. The molecule has 0 aliphatic rings. The summed E-state index contributed by atoms with van der Waals surface area (Å²) in [5, 5.41) is 19.4. The fourth-order valence-electron chi connectivity index (χ4n) is 3.69. The first-order chi connectivity index (χ1) is 11.3. The lowest BCUT2D eigenvalue weighted by Crippen LogP contribution is -2.41. The van der Waals surface area contributed by atoms with Crippen molar-refractivity contribution in [1.29, 1.82) is 0 Å². The van der Waals surface area contributed by atoms with Crippen LogP contribution in [-0.4, -0.2) is 28.3 Å². The molecule has 0 saturated heterocycles. The number of hydrogen-bond donors (Lipinski definition) is 3. The summed E-state index contributed by atoms with van der Waals surface area (Å²) in [6.45, 7) is 5.59. The maximum Gasteiger partial charge on any atom is 0.223 e. The van der Waals surface area contributed by atoms with Crippen LogP contribution in [-0.2, 0) is 4.79 Å². The number of amides is 1. The highest BCUT2D eigenvalue weighted by molar-refractivity contribution is 5.80. The quantitative estimate of drug-likeness (QED) is 0.365. The normalized spacial score (nSPS) is 16.5. The Hall–Kier alpha value is -0.610. The van der Waals surface area contributed by atoms with Crippen LogP contribution in [0.4, 0.5) is 0 Å². The Morgan fingerprint density at radius 2 is 1.21 bits per heavy atom. The molecule has 24 heavy (non-hydrogen) atoms. The van der Waals surface area contributed by atoms with Crippen molar-refractivity contribution in [2.75, 3.05) is 0 Å². The van der Waals surface area contributed by atoms with Gasteiger partial charge in [-0.05, 0) is 33.1 Å². The van der Waals surface area contributed by atoms with Crippen LogP contribution in [0.15, 0.2) is 0 Å². The van der Waals surface area contributed by atoms with Crippen LogP contribution in [0, 0.1) is 5.41 Å². The van der Waals surface area contributed by atoms with E-state index in [0.29, 0.717) is 19.3 Å². The number of rotatable bonds is 16. The second kappa shape index (κ2) is 13.7. The fourth-order valence-corrected chi connectivity index (χ4v) is 3.69. The summed E-state index contributed by atoms with van der Waals surface area (Å²) in [5.74, 6) is -0.389. The Labute approximate surface area is 149 Å². The lowest BCUT2D eigenvalue weighted by Gasteiger charge is -2.33. The molecule has 0 fully saturated rings. The van der Waals surface area contributed by atoms with Crippen molar-refractivity contribution in [2.24, 2.45) is 11.1 Å². The molecule has 4 nitrogen and oxygen atoms in total. The molecule has 0 aromatic rings. The number of unbranched alkanes of at least 4 members (excludes halogenated alkanes) is 9. The second-order valence-electron chi connectivity index (χ2n) is 7.68. The molecular weight excluding hydrogens is 302 g/mol. The maximum absolute atomic E-state index is 12.0. The molecule has 0 aliphatic carbocycles. The Kier molecular flexibility index (Phi) is 13.3. The molecule has 144 valence electrons. The molecule has 4 N–H and O–H groups in total. The van der Waals surface area contributed by atoms with Gasteiger partial charge in [0.15, 0.2) is 0 Å². The van der Waals surface area contributed by atoms with E-state index in [4.69, 9.17) is 5.73 Å². The summed E-state index contributed by atoms with van der Waals surface area (Å²) in [7, 11) is 0. The van der Waals surface area contributed by atoms with Crippen LogP contribution < -0.4 is 5.73 Å². The second-order valence-corrected chi connectivity index (χ2v) is 7.68. The smallest absolute Gasteiger partial charge is 0.223 e. The highest BCUT2D eigenvalue weighted by atomic mass is 16.3. The van der Waals surface area contributed by atoms with Gasteiger partial charge in [0, 0.05) is 0 Å². The molecule has 0 aliphatic heterocycles. The van der Waals surface area contributed by atoms with Gasteiger partial charge < -0.3 is 15.9 Å². The van der Waals surface area contributed by atoms with E-state index in [-0.39, 0.29) is 5.91 Å². The van der Waals surface area contributed by atoms with Gasteiger partial charge in [0.1, 0.15) is 0 Å². The molecule has 0 heterocycles. The van der Waals surface area contributed by atoms with Crippen LogP contribution in [0.3, 0.4) is 0 Å². The van der Waals surface area contributed by atoms with Crippen LogP contribution in [0.25, 0.3) is 0 Å². The summed E-state index contributed by atoms with van der Waals surface area (Å²) < 4.78 is 0. The predicted molar refractivity (Wildman–Crippen MR) is 101 cm³/mol. The van der Waals surface area contributed by atoms with E-state index < -0.39 is 17.6 Å². The molecular formula is C20H41NO3. The standard InChI is InChI=1S/C20H41NO3/c1-4-5-6-7-8-9-10-11-12-13-14-20(19(21)24,15-17(2)22)16-18(3)23/h17-18,22-23H,4-16H2,1-3H3,(H2,21,24). The summed E-state index contributed by atoms with van der Waals surface area (Å²) in [5.41, 5.74) is 4.85. The van der Waals surface area contributed by atoms with E-state index in [0.717, 1.165) is 12.8 Å². The SMILES string of the molecule is CCCCCCCCCCCCC(CC(C)O)(CC(C)O)C(N)=O. The average molecular weight is 344 g/mol. The van der Waals surface area contributed by atoms with Gasteiger partial charge >= 0.3 is 0 Å². The van der Waals surface area contributed by atoms with E-state index in [1.54, 1.807) is 13.8 Å². The van der Waals surface area contributed by atoms with Gasteiger partial charge in [-0.2, -0.15) is 0 Å². The zero-order chi connectivity index (χ0) is 18.4. The summed E-state index contributed by atoms with van der Waals surface area (Å²) in [6, 6.07) is 0. The van der Waals surface area contributed by atoms with E-state index >= 15 is 0 Å². The first-order valence-corrected chi connectivity index (χ1v) is 10.00. The van der Waals surface area contributed by atoms with Crippen molar-refractivity contribution in [3.05, 3.63) is 0 Å². The largest absolute Gasteiger partial charge is 0.393 e. The van der Waals surface area contributed by atoms with Crippen LogP contribution in [0.2, 0.25) is 0 Å². The Morgan fingerprint density at radius 1 is 0.833 bits per heavy atom. The maximum atomic E-state index is 12.0. The van der Waals surface area contributed by atoms with E-state index in [2.05, 4.69) is 6.92 Å². The van der Waals surface area contributed by atoms with Gasteiger partial charge in [-0.25, -0.2) is 0 Å². The van der Waals surface area contributed by atoms with Crippen molar-refractivity contribution in [1.82, 2.24) is 0 Å². The number of nitrogens with two attached hydrogens (primary N) is 1. The summed E-state index contributed by atoms with van der Waals surface area (Å²) >= 11 is 0. The first kappa shape index (κ1) is 23.4. The van der Waals surface area contributed by atoms with E-state index in [1.807, 2.05) is 0 Å². The zero-order valence-corrected chi connectivity index (χ0v) is 16.2. The Balaban J connectivity index is 4.08. The number of carbonyl (C=O) groups is 1. The molecule has 0 aromatic carbocycles. The van der Waals surface area contributed by atoms with Gasteiger partial charge in [-0.1, -0.05) is 71.1 Å². The third kappa shape index (κ3) is 11.0. The molecule has 0 aromatic heterocycles. The Bertz CT molecular complexity index is 306. The number of aliphatic hydroxyl groups excluding tert-OH is 2. The number of aliphatic hydroxyl groups is 2. The lowest BCUT2D eigenvalue weighted by atomic mass is 9.73. The van der Waals surface area contributed by atoms with Gasteiger partial charge in [0.05, 0.1) is 17.6 Å². The highest BCUT2D eigenvalue weighted by Crippen LogP contribution is 2.35. The number of primary amides is 1. The van der Waals surface area contributed by atoms with Gasteiger partial charge in [0.25, 0.3) is 0 Å². The fraction of sp³-hybridized carbons (Fsp3) is 0.950. The van der Waals surface area contributed by atoms with Gasteiger partial charge in [-0.3, -0.25) is 4.79 Å². The van der Waals surface area contributed by atoms with Crippen molar-refractivity contribution in [3.63, 3.8) is 0 Å². The van der Waals surface area contributed by atoms with Gasteiger partial charge in [0.2, 0.25) is 5.91 Å². The van der Waals surface area contributed by atoms with Crippen LogP contribution in [0.1, 0.15) is 104 Å². The molecule has 2 unspecified atom stereocenters. The van der Waals surface area contributed by atoms with Crippen LogP contribution >= 0.6 is 0 Å². The number of carbonyl (C=O) groups excluding carboxylic acids is 1. The molecule has 0 spiro atoms. The highest BCUT2D eigenvalue weighted by Gasteiger charge is 2.38. The van der Waals surface area contributed by atoms with Crippen molar-refractivity contribution in [2.45, 2.75) is 116 Å². The molecule has 0 bridgehead atoms. The first-order valence-electron chi connectivity index (χ1n) is 10.00. The topological polar surface area (TPSA) is 83.6 Å². The third-order valence-electron chi connectivity index (χ3n) is 4.90. The molecule has 4 heteroatoms. The number of hydrogen-bond acceptors (Lipinski definition) is 3. The molecule has 0 saturated carbocycles. The molecule has 1 amide bonds. The third-order valence-corrected chi connectivity index (χ3v) is 4.90. The van der Waals surface area contributed by atoms with Crippen molar-refractivity contribution in [3.8, 4) is 0 Å². The monoisotopic (exact) mass is 343 g/mol. The van der Waals surface area contributed by atoms with E-state index in [1.165, 1.54) is 51.4 Å². The molecule has 0 radical (unpaired) electrons. The summed E-state index contributed by atoms with van der Waals surface area (Å²) in [6.07, 6.45) is 12.6. The minimum atomic E-state index is -0.775. The van der Waals surface area contributed by atoms with Crippen LogP contribution in [0.5, 0.6) is 0 Å². The average Bonchev–Trinajstić information content (AvgIpc) is 2.47.